The first-order valence-electron chi connectivity index (χ1n) is 9.50. The standard InChI is InChI=1S/C21H22N2O7/c1-3-29-19-12-15(6-9-18(19)28-2)21(25)30-13-20(24)22-10-4-5-14-11-16(23(26)27)7-8-17(14)22/h6-9,11-12H,3-5,10,13H2,1-2H3. The van der Waals surface area contributed by atoms with Gasteiger partial charge in [0.15, 0.2) is 18.1 Å². The molecule has 2 aromatic rings. The number of rotatable bonds is 7. The highest BCUT2D eigenvalue weighted by Gasteiger charge is 2.25. The lowest BCUT2D eigenvalue weighted by Crippen LogP contribution is -2.38. The lowest BCUT2D eigenvalue weighted by molar-refractivity contribution is -0.384. The second-order valence-corrected chi connectivity index (χ2v) is 6.59. The molecule has 3 rings (SSSR count). The number of amides is 1. The van der Waals surface area contributed by atoms with E-state index in [4.69, 9.17) is 14.2 Å². The topological polar surface area (TPSA) is 108 Å². The molecule has 0 unspecified atom stereocenters. The first kappa shape index (κ1) is 21.1. The SMILES string of the molecule is CCOc1cc(C(=O)OCC(=O)N2CCCc3cc([N+](=O)[O-])ccc32)ccc1OC. The van der Waals surface area contributed by atoms with Crippen molar-refractivity contribution in [3.05, 3.63) is 57.6 Å². The van der Waals surface area contributed by atoms with Crippen molar-refractivity contribution in [2.24, 2.45) is 0 Å². The third-order valence-corrected chi connectivity index (χ3v) is 4.72. The zero-order valence-electron chi connectivity index (χ0n) is 16.8. The van der Waals surface area contributed by atoms with E-state index < -0.39 is 23.4 Å². The maximum absolute atomic E-state index is 12.7. The van der Waals surface area contributed by atoms with Crippen LogP contribution in [-0.2, 0) is 16.0 Å². The van der Waals surface area contributed by atoms with Crippen molar-refractivity contribution in [3.63, 3.8) is 0 Å². The second kappa shape index (κ2) is 9.25. The van der Waals surface area contributed by atoms with E-state index in [0.717, 1.165) is 5.56 Å². The number of nitrogens with zero attached hydrogens (tertiary/aromatic N) is 2. The number of hydrogen-bond acceptors (Lipinski definition) is 7. The molecule has 0 spiro atoms. The lowest BCUT2D eigenvalue weighted by Gasteiger charge is -2.29. The maximum Gasteiger partial charge on any atom is 0.338 e. The van der Waals surface area contributed by atoms with Crippen LogP contribution in [-0.4, -0.2) is 43.7 Å². The van der Waals surface area contributed by atoms with Crippen LogP contribution in [0.15, 0.2) is 36.4 Å². The Morgan fingerprint density at radius 1 is 1.17 bits per heavy atom. The number of anilines is 1. The Balaban J connectivity index is 1.69. The van der Waals surface area contributed by atoms with Crippen LogP contribution >= 0.6 is 0 Å². The van der Waals surface area contributed by atoms with E-state index in [-0.39, 0.29) is 11.3 Å². The molecule has 158 valence electrons. The number of fused-ring (bicyclic) bond motifs is 1. The van der Waals surface area contributed by atoms with Gasteiger partial charge in [-0.1, -0.05) is 0 Å². The van der Waals surface area contributed by atoms with Crippen LogP contribution in [0, 0.1) is 10.1 Å². The summed E-state index contributed by atoms with van der Waals surface area (Å²) in [6.45, 7) is 2.23. The molecule has 9 heteroatoms. The van der Waals surface area contributed by atoms with Gasteiger partial charge in [-0.05, 0) is 49.6 Å². The molecule has 0 aliphatic carbocycles. The van der Waals surface area contributed by atoms with Crippen LogP contribution in [0.1, 0.15) is 29.3 Å². The second-order valence-electron chi connectivity index (χ2n) is 6.59. The van der Waals surface area contributed by atoms with Gasteiger partial charge in [-0.15, -0.1) is 0 Å². The third-order valence-electron chi connectivity index (χ3n) is 4.72. The zero-order chi connectivity index (χ0) is 21.7. The largest absolute Gasteiger partial charge is 0.493 e. The first-order valence-corrected chi connectivity index (χ1v) is 9.50. The van der Waals surface area contributed by atoms with Gasteiger partial charge in [0.2, 0.25) is 0 Å². The molecule has 1 amide bonds. The summed E-state index contributed by atoms with van der Waals surface area (Å²) in [5.74, 6) is -0.152. The van der Waals surface area contributed by atoms with Gasteiger partial charge in [0.1, 0.15) is 0 Å². The quantitative estimate of drug-likeness (QED) is 0.389. The van der Waals surface area contributed by atoms with E-state index in [9.17, 15) is 19.7 Å². The number of methoxy groups -OCH3 is 1. The van der Waals surface area contributed by atoms with Crippen LogP contribution in [0.5, 0.6) is 11.5 Å². The Labute approximate surface area is 173 Å². The molecule has 0 aromatic heterocycles. The van der Waals surface area contributed by atoms with E-state index in [1.165, 1.54) is 36.3 Å². The molecular weight excluding hydrogens is 392 g/mol. The molecular formula is C21H22N2O7. The Hall–Kier alpha value is -3.62. The summed E-state index contributed by atoms with van der Waals surface area (Å²) in [4.78, 5) is 37.0. The number of benzene rings is 2. The van der Waals surface area contributed by atoms with Gasteiger partial charge in [0, 0.05) is 24.4 Å². The van der Waals surface area contributed by atoms with Crippen molar-refractivity contribution in [2.45, 2.75) is 19.8 Å². The fraction of sp³-hybridized carbons (Fsp3) is 0.333. The summed E-state index contributed by atoms with van der Waals surface area (Å²) >= 11 is 0. The van der Waals surface area contributed by atoms with Gasteiger partial charge in [-0.2, -0.15) is 0 Å². The van der Waals surface area contributed by atoms with Crippen LogP contribution in [0.4, 0.5) is 11.4 Å². The van der Waals surface area contributed by atoms with Crippen LogP contribution in [0.25, 0.3) is 0 Å². The summed E-state index contributed by atoms with van der Waals surface area (Å²) in [6, 6.07) is 9.03. The van der Waals surface area contributed by atoms with Crippen LogP contribution < -0.4 is 14.4 Å². The predicted molar refractivity (Wildman–Crippen MR) is 108 cm³/mol. The average molecular weight is 414 g/mol. The van der Waals surface area contributed by atoms with Crippen LogP contribution in [0.2, 0.25) is 0 Å². The number of carbonyl (C=O) groups excluding carboxylic acids is 2. The Kier molecular flexibility index (Phi) is 6.51. The van der Waals surface area contributed by atoms with Gasteiger partial charge in [0.05, 0.1) is 24.2 Å². The molecule has 0 fully saturated rings. The fourth-order valence-corrected chi connectivity index (χ4v) is 3.32. The fourth-order valence-electron chi connectivity index (χ4n) is 3.32. The molecule has 9 nitrogen and oxygen atoms in total. The smallest absolute Gasteiger partial charge is 0.338 e. The van der Waals surface area contributed by atoms with Crippen molar-refractivity contribution in [1.29, 1.82) is 0 Å². The van der Waals surface area contributed by atoms with E-state index in [0.29, 0.717) is 43.2 Å². The van der Waals surface area contributed by atoms with Gasteiger partial charge in [-0.3, -0.25) is 14.9 Å². The molecule has 0 saturated carbocycles. The van der Waals surface area contributed by atoms with Gasteiger partial charge >= 0.3 is 5.97 Å². The van der Waals surface area contributed by atoms with E-state index >= 15 is 0 Å². The molecule has 1 aliphatic rings. The molecule has 0 radical (unpaired) electrons. The van der Waals surface area contributed by atoms with Gasteiger partial charge in [-0.25, -0.2) is 4.79 Å². The lowest BCUT2D eigenvalue weighted by atomic mass is 10.0. The van der Waals surface area contributed by atoms with Crippen molar-refractivity contribution < 1.29 is 28.7 Å². The summed E-state index contributed by atoms with van der Waals surface area (Å²) in [5.41, 5.74) is 1.56. The number of ether oxygens (including phenoxy) is 3. The molecule has 0 saturated heterocycles. The zero-order valence-corrected chi connectivity index (χ0v) is 16.8. The Morgan fingerprint density at radius 3 is 2.67 bits per heavy atom. The number of nitro groups is 1. The van der Waals surface area contributed by atoms with Crippen molar-refractivity contribution in [3.8, 4) is 11.5 Å². The minimum Gasteiger partial charge on any atom is -0.493 e. The number of esters is 1. The first-order chi connectivity index (χ1) is 14.4. The molecule has 1 aliphatic heterocycles. The summed E-state index contributed by atoms with van der Waals surface area (Å²) < 4.78 is 15.8. The highest BCUT2D eigenvalue weighted by atomic mass is 16.6. The van der Waals surface area contributed by atoms with E-state index in [2.05, 4.69) is 0 Å². The minimum atomic E-state index is -0.659. The molecule has 0 N–H and O–H groups in total. The number of carbonyl (C=O) groups is 2. The summed E-state index contributed by atoms with van der Waals surface area (Å²) in [5, 5.41) is 11.0. The maximum atomic E-state index is 12.7. The van der Waals surface area contributed by atoms with Crippen molar-refractivity contribution in [2.75, 3.05) is 31.8 Å². The monoisotopic (exact) mass is 414 g/mol. The van der Waals surface area contributed by atoms with E-state index in [1.54, 1.807) is 12.1 Å². The Morgan fingerprint density at radius 2 is 1.97 bits per heavy atom. The van der Waals surface area contributed by atoms with Gasteiger partial charge in [0.25, 0.3) is 11.6 Å². The summed E-state index contributed by atoms with van der Waals surface area (Å²) in [6.07, 6.45) is 1.32. The third kappa shape index (κ3) is 4.51. The van der Waals surface area contributed by atoms with Crippen molar-refractivity contribution in [1.82, 2.24) is 0 Å². The number of aryl methyl sites for hydroxylation is 1. The van der Waals surface area contributed by atoms with Crippen molar-refractivity contribution >= 4 is 23.3 Å². The van der Waals surface area contributed by atoms with E-state index in [1.807, 2.05) is 6.92 Å². The molecule has 2 aromatic carbocycles. The summed E-state index contributed by atoms with van der Waals surface area (Å²) in [7, 11) is 1.50. The highest BCUT2D eigenvalue weighted by Crippen LogP contribution is 2.31. The molecule has 30 heavy (non-hydrogen) atoms. The normalized spacial score (nSPS) is 12.7. The molecule has 0 bridgehead atoms. The minimum absolute atomic E-state index is 0.0147. The highest BCUT2D eigenvalue weighted by molar-refractivity contribution is 5.98. The predicted octanol–water partition coefficient (Wildman–Crippen LogP) is 3.14. The number of hydrogen-bond donors (Lipinski definition) is 0. The molecule has 0 atom stereocenters. The van der Waals surface area contributed by atoms with Crippen LogP contribution in [0.3, 0.4) is 0 Å². The van der Waals surface area contributed by atoms with Gasteiger partial charge < -0.3 is 19.1 Å². The number of nitro benzene ring substituents is 1. The number of non-ortho nitro benzene ring substituents is 1. The average Bonchev–Trinajstić information content (AvgIpc) is 2.76. The Bertz CT molecular complexity index is 974. The molecule has 1 heterocycles.